The molecule has 18 heavy (non-hydrogen) atoms. The van der Waals surface area contributed by atoms with E-state index in [0.29, 0.717) is 12.0 Å². The van der Waals surface area contributed by atoms with Crippen molar-refractivity contribution in [2.45, 2.75) is 33.2 Å². The quantitative estimate of drug-likeness (QED) is 0.897. The molecule has 0 aliphatic rings. The zero-order valence-electron chi connectivity index (χ0n) is 11.0. The minimum absolute atomic E-state index is 0.0472. The first-order valence-corrected chi connectivity index (χ1v) is 6.81. The summed E-state index contributed by atoms with van der Waals surface area (Å²) in [5, 5.41) is 12.1. The van der Waals surface area contributed by atoms with E-state index in [1.165, 1.54) is 0 Å². The average molecular weight is 314 g/mol. The summed E-state index contributed by atoms with van der Waals surface area (Å²) < 4.78 is 0.879. The van der Waals surface area contributed by atoms with E-state index in [1.54, 1.807) is 12.1 Å². The van der Waals surface area contributed by atoms with E-state index in [-0.39, 0.29) is 24.0 Å². The van der Waals surface area contributed by atoms with Crippen LogP contribution in [0.4, 0.5) is 0 Å². The lowest BCUT2D eigenvalue weighted by atomic mass is 9.85. The molecular formula is C14H20BrNO2. The smallest absolute Gasteiger partial charge is 0.251 e. The Morgan fingerprint density at radius 3 is 2.61 bits per heavy atom. The topological polar surface area (TPSA) is 49.3 Å². The van der Waals surface area contributed by atoms with Gasteiger partial charge in [0.05, 0.1) is 0 Å². The van der Waals surface area contributed by atoms with Gasteiger partial charge >= 0.3 is 0 Å². The van der Waals surface area contributed by atoms with Crippen molar-refractivity contribution in [2.24, 2.45) is 5.41 Å². The van der Waals surface area contributed by atoms with E-state index in [0.717, 1.165) is 4.47 Å². The Bertz CT molecular complexity index is 413. The van der Waals surface area contributed by atoms with Crippen molar-refractivity contribution < 1.29 is 9.90 Å². The van der Waals surface area contributed by atoms with Crippen LogP contribution in [0.25, 0.3) is 0 Å². The van der Waals surface area contributed by atoms with Gasteiger partial charge in [0, 0.05) is 22.7 Å². The van der Waals surface area contributed by atoms with Crippen LogP contribution >= 0.6 is 15.9 Å². The number of carbonyl (C=O) groups is 1. The van der Waals surface area contributed by atoms with E-state index in [4.69, 9.17) is 5.11 Å². The van der Waals surface area contributed by atoms with Crippen molar-refractivity contribution in [3.05, 3.63) is 34.3 Å². The Balaban J connectivity index is 2.79. The molecular weight excluding hydrogens is 294 g/mol. The first kappa shape index (κ1) is 15.2. The van der Waals surface area contributed by atoms with Crippen LogP contribution in [0.2, 0.25) is 0 Å². The highest BCUT2D eigenvalue weighted by atomic mass is 79.9. The lowest BCUT2D eigenvalue weighted by Gasteiger charge is -2.31. The molecule has 0 fully saturated rings. The van der Waals surface area contributed by atoms with Crippen LogP contribution in [0.3, 0.4) is 0 Å². The molecule has 0 heterocycles. The van der Waals surface area contributed by atoms with Gasteiger partial charge in [-0.2, -0.15) is 0 Å². The monoisotopic (exact) mass is 313 g/mol. The van der Waals surface area contributed by atoms with Gasteiger partial charge < -0.3 is 10.4 Å². The van der Waals surface area contributed by atoms with Crippen molar-refractivity contribution in [1.82, 2.24) is 5.32 Å². The van der Waals surface area contributed by atoms with Crippen LogP contribution < -0.4 is 5.32 Å². The first-order valence-electron chi connectivity index (χ1n) is 6.02. The number of halogens is 1. The van der Waals surface area contributed by atoms with Gasteiger partial charge in [0.1, 0.15) is 0 Å². The maximum absolute atomic E-state index is 12.1. The van der Waals surface area contributed by atoms with Crippen LogP contribution in [0.1, 0.15) is 37.6 Å². The summed E-state index contributed by atoms with van der Waals surface area (Å²) in [6.07, 6.45) is 0.559. The fourth-order valence-electron chi connectivity index (χ4n) is 1.72. The normalized spacial score (nSPS) is 13.2. The standard InChI is InChI=1S/C14H20BrNO2/c1-14(2,3)12(7-8-17)16-13(18)10-5-4-6-11(15)9-10/h4-6,9,12,17H,7-8H2,1-3H3,(H,16,18). The van der Waals surface area contributed by atoms with Gasteiger partial charge in [0.2, 0.25) is 0 Å². The number of hydrogen-bond acceptors (Lipinski definition) is 2. The van der Waals surface area contributed by atoms with Gasteiger partial charge in [-0.15, -0.1) is 0 Å². The fraction of sp³-hybridized carbons (Fsp3) is 0.500. The van der Waals surface area contributed by atoms with Crippen molar-refractivity contribution in [3.63, 3.8) is 0 Å². The summed E-state index contributed by atoms with van der Waals surface area (Å²) in [6, 6.07) is 7.23. The highest BCUT2D eigenvalue weighted by Gasteiger charge is 2.25. The summed E-state index contributed by atoms with van der Waals surface area (Å²) in [5.74, 6) is -0.107. The van der Waals surface area contributed by atoms with Crippen molar-refractivity contribution in [3.8, 4) is 0 Å². The molecule has 4 heteroatoms. The molecule has 1 aromatic carbocycles. The van der Waals surface area contributed by atoms with Gasteiger partial charge in [0.15, 0.2) is 0 Å². The second-order valence-electron chi connectivity index (χ2n) is 5.41. The van der Waals surface area contributed by atoms with E-state index in [1.807, 2.05) is 12.1 Å². The van der Waals surface area contributed by atoms with E-state index >= 15 is 0 Å². The van der Waals surface area contributed by atoms with Gasteiger partial charge in [-0.25, -0.2) is 0 Å². The molecule has 0 bridgehead atoms. The molecule has 0 saturated heterocycles. The predicted octanol–water partition coefficient (Wildman–Crippen LogP) is 2.98. The van der Waals surface area contributed by atoms with Crippen LogP contribution in [-0.2, 0) is 0 Å². The zero-order chi connectivity index (χ0) is 13.8. The third-order valence-corrected chi connectivity index (χ3v) is 3.35. The number of carbonyl (C=O) groups excluding carboxylic acids is 1. The Morgan fingerprint density at radius 2 is 2.11 bits per heavy atom. The molecule has 1 atom stereocenters. The number of hydrogen-bond donors (Lipinski definition) is 2. The molecule has 1 amide bonds. The third-order valence-electron chi connectivity index (χ3n) is 2.86. The average Bonchev–Trinajstić information content (AvgIpc) is 2.27. The Hall–Kier alpha value is -0.870. The Labute approximate surface area is 117 Å². The molecule has 1 rings (SSSR count). The van der Waals surface area contributed by atoms with Crippen LogP contribution in [0, 0.1) is 5.41 Å². The van der Waals surface area contributed by atoms with Gasteiger partial charge in [-0.3, -0.25) is 4.79 Å². The number of benzene rings is 1. The third kappa shape index (κ3) is 4.42. The maximum Gasteiger partial charge on any atom is 0.251 e. The number of aliphatic hydroxyl groups excluding tert-OH is 1. The molecule has 1 aromatic rings. The number of rotatable bonds is 4. The largest absolute Gasteiger partial charge is 0.396 e. The Kier molecular flexibility index (Phi) is 5.35. The van der Waals surface area contributed by atoms with Crippen molar-refractivity contribution >= 4 is 21.8 Å². The summed E-state index contributed by atoms with van der Waals surface area (Å²) >= 11 is 3.35. The molecule has 0 radical (unpaired) electrons. The maximum atomic E-state index is 12.1. The van der Waals surface area contributed by atoms with Gasteiger partial charge in [0.25, 0.3) is 5.91 Å². The molecule has 0 saturated carbocycles. The van der Waals surface area contributed by atoms with Crippen molar-refractivity contribution in [2.75, 3.05) is 6.61 Å². The predicted molar refractivity (Wildman–Crippen MR) is 76.6 cm³/mol. The van der Waals surface area contributed by atoms with E-state index < -0.39 is 0 Å². The van der Waals surface area contributed by atoms with Crippen LogP contribution in [-0.4, -0.2) is 23.7 Å². The van der Waals surface area contributed by atoms with Crippen molar-refractivity contribution in [1.29, 1.82) is 0 Å². The summed E-state index contributed by atoms with van der Waals surface area (Å²) in [7, 11) is 0. The zero-order valence-corrected chi connectivity index (χ0v) is 12.6. The lowest BCUT2D eigenvalue weighted by Crippen LogP contribution is -2.44. The van der Waals surface area contributed by atoms with Crippen LogP contribution in [0.15, 0.2) is 28.7 Å². The number of nitrogens with one attached hydrogen (secondary N) is 1. The lowest BCUT2D eigenvalue weighted by molar-refractivity contribution is 0.0885. The molecule has 2 N–H and O–H groups in total. The minimum Gasteiger partial charge on any atom is -0.396 e. The first-order chi connectivity index (χ1) is 8.34. The van der Waals surface area contributed by atoms with E-state index in [2.05, 4.69) is 42.0 Å². The molecule has 0 aliphatic carbocycles. The molecule has 0 aromatic heterocycles. The number of aliphatic hydroxyl groups is 1. The highest BCUT2D eigenvalue weighted by molar-refractivity contribution is 9.10. The molecule has 1 unspecified atom stereocenters. The summed E-state index contributed by atoms with van der Waals surface area (Å²) in [4.78, 5) is 12.1. The molecule has 100 valence electrons. The second-order valence-corrected chi connectivity index (χ2v) is 6.33. The van der Waals surface area contributed by atoms with Gasteiger partial charge in [-0.1, -0.05) is 42.8 Å². The van der Waals surface area contributed by atoms with Crippen LogP contribution in [0.5, 0.6) is 0 Å². The Morgan fingerprint density at radius 1 is 1.44 bits per heavy atom. The summed E-state index contributed by atoms with van der Waals surface area (Å²) in [6.45, 7) is 6.22. The summed E-state index contributed by atoms with van der Waals surface area (Å²) in [5.41, 5.74) is 0.543. The number of amides is 1. The minimum atomic E-state index is -0.107. The van der Waals surface area contributed by atoms with Gasteiger partial charge in [-0.05, 0) is 30.0 Å². The highest BCUT2D eigenvalue weighted by Crippen LogP contribution is 2.22. The fourth-order valence-corrected chi connectivity index (χ4v) is 2.12. The van der Waals surface area contributed by atoms with E-state index in [9.17, 15) is 4.79 Å². The molecule has 0 aliphatic heterocycles. The molecule has 3 nitrogen and oxygen atoms in total. The second kappa shape index (κ2) is 6.34. The SMILES string of the molecule is CC(C)(C)C(CCO)NC(=O)c1cccc(Br)c1. The molecule has 0 spiro atoms.